The van der Waals surface area contributed by atoms with Gasteiger partial charge in [-0.1, -0.05) is 48.0 Å². The smallest absolute Gasteiger partial charge is 0.294 e. The molecule has 36 heavy (non-hydrogen) atoms. The lowest BCUT2D eigenvalue weighted by Crippen LogP contribution is -2.36. The van der Waals surface area contributed by atoms with Gasteiger partial charge in [-0.05, 0) is 72.3 Å². The molecular formula is C27H23ClN2O5S. The fourth-order valence-corrected chi connectivity index (χ4v) is 4.36. The topological polar surface area (TPSA) is 84.9 Å². The summed E-state index contributed by atoms with van der Waals surface area (Å²) in [6.07, 6.45) is 1.62. The first-order valence-electron chi connectivity index (χ1n) is 11.1. The van der Waals surface area contributed by atoms with E-state index in [4.69, 9.17) is 21.1 Å². The molecule has 0 radical (unpaired) electrons. The summed E-state index contributed by atoms with van der Waals surface area (Å²) >= 11 is 6.78. The molecule has 0 spiro atoms. The number of carbonyl (C=O) groups excluding carboxylic acids is 3. The number of nitrogens with one attached hydrogen (secondary N) is 1. The number of thioether (sulfide) groups is 1. The van der Waals surface area contributed by atoms with Crippen LogP contribution in [0.4, 0.5) is 10.5 Å². The molecule has 1 aliphatic rings. The van der Waals surface area contributed by atoms with Gasteiger partial charge < -0.3 is 14.8 Å². The second kappa shape index (κ2) is 11.8. The van der Waals surface area contributed by atoms with Crippen molar-refractivity contribution in [1.82, 2.24) is 4.90 Å². The lowest BCUT2D eigenvalue weighted by atomic mass is 10.2. The molecule has 3 aromatic rings. The van der Waals surface area contributed by atoms with Gasteiger partial charge in [0.2, 0.25) is 5.91 Å². The number of nitrogens with zero attached hydrogens (tertiary/aromatic N) is 1. The van der Waals surface area contributed by atoms with E-state index in [1.807, 2.05) is 37.3 Å². The van der Waals surface area contributed by atoms with Crippen molar-refractivity contribution < 1.29 is 23.9 Å². The number of imide groups is 1. The van der Waals surface area contributed by atoms with Gasteiger partial charge in [-0.3, -0.25) is 19.3 Å². The van der Waals surface area contributed by atoms with Gasteiger partial charge in [0.05, 0.1) is 4.91 Å². The van der Waals surface area contributed by atoms with Gasteiger partial charge in [0.25, 0.3) is 11.1 Å². The number of ether oxygens (including phenoxy) is 2. The Morgan fingerprint density at radius 1 is 0.972 bits per heavy atom. The van der Waals surface area contributed by atoms with Crippen LogP contribution in [0.3, 0.4) is 0 Å². The summed E-state index contributed by atoms with van der Waals surface area (Å²) in [6.45, 7) is 2.22. The standard InChI is InChI=1S/C27H23ClN2O5S/c1-18-7-10-20(28)16-23(18)29-25(31)17-30-26(32)24(36-27(30)33)15-19-8-11-22(12-9-19)35-14-13-34-21-5-3-2-4-6-21/h2-12,15-16H,13-14,17H2,1H3,(H,29,31)/b24-15+. The average molecular weight is 523 g/mol. The Hall–Kier alpha value is -3.75. The molecule has 4 rings (SSSR count). The summed E-state index contributed by atoms with van der Waals surface area (Å²) in [4.78, 5) is 38.8. The molecule has 1 saturated heterocycles. The number of aryl methyl sites for hydroxylation is 1. The van der Waals surface area contributed by atoms with Crippen molar-refractivity contribution in [3.8, 4) is 11.5 Å². The van der Waals surface area contributed by atoms with Gasteiger partial charge in [0, 0.05) is 10.7 Å². The molecule has 9 heteroatoms. The fraction of sp³-hybridized carbons (Fsp3) is 0.148. The Labute approximate surface area is 218 Å². The summed E-state index contributed by atoms with van der Waals surface area (Å²) in [5, 5.41) is 2.68. The van der Waals surface area contributed by atoms with E-state index in [1.165, 1.54) is 0 Å². The van der Waals surface area contributed by atoms with Crippen LogP contribution in [0, 0.1) is 6.92 Å². The predicted molar refractivity (Wildman–Crippen MR) is 141 cm³/mol. The number of anilines is 1. The summed E-state index contributed by atoms with van der Waals surface area (Å²) in [7, 11) is 0. The van der Waals surface area contributed by atoms with Crippen molar-refractivity contribution in [1.29, 1.82) is 0 Å². The summed E-state index contributed by atoms with van der Waals surface area (Å²) < 4.78 is 11.3. The second-order valence-electron chi connectivity index (χ2n) is 7.85. The van der Waals surface area contributed by atoms with E-state index in [-0.39, 0.29) is 11.4 Å². The van der Waals surface area contributed by atoms with Crippen LogP contribution in [0.2, 0.25) is 5.02 Å². The molecule has 0 bridgehead atoms. The maximum Gasteiger partial charge on any atom is 0.294 e. The molecule has 1 aliphatic heterocycles. The first kappa shape index (κ1) is 25.3. The molecular weight excluding hydrogens is 500 g/mol. The van der Waals surface area contributed by atoms with Crippen molar-refractivity contribution in [3.63, 3.8) is 0 Å². The first-order valence-corrected chi connectivity index (χ1v) is 12.3. The number of para-hydroxylation sites is 1. The Morgan fingerprint density at radius 3 is 2.33 bits per heavy atom. The highest BCUT2D eigenvalue weighted by Crippen LogP contribution is 2.32. The van der Waals surface area contributed by atoms with E-state index in [0.29, 0.717) is 29.7 Å². The van der Waals surface area contributed by atoms with Gasteiger partial charge in [0.15, 0.2) is 0 Å². The monoisotopic (exact) mass is 522 g/mol. The molecule has 0 atom stereocenters. The number of hydrogen-bond donors (Lipinski definition) is 1. The number of hydrogen-bond acceptors (Lipinski definition) is 6. The largest absolute Gasteiger partial charge is 0.490 e. The van der Waals surface area contributed by atoms with E-state index >= 15 is 0 Å². The molecule has 0 aliphatic carbocycles. The molecule has 3 amide bonds. The molecule has 0 unspecified atom stereocenters. The van der Waals surface area contributed by atoms with Crippen molar-refractivity contribution >= 4 is 52.2 Å². The maximum absolute atomic E-state index is 12.8. The highest BCUT2D eigenvalue weighted by Gasteiger charge is 2.36. The molecule has 0 aromatic heterocycles. The quantitative estimate of drug-likeness (QED) is 0.283. The molecule has 1 heterocycles. The van der Waals surface area contributed by atoms with Gasteiger partial charge in [-0.25, -0.2) is 0 Å². The van der Waals surface area contributed by atoms with E-state index < -0.39 is 17.1 Å². The fourth-order valence-electron chi connectivity index (χ4n) is 3.35. The Bertz CT molecular complexity index is 1300. The zero-order valence-corrected chi connectivity index (χ0v) is 21.0. The van der Waals surface area contributed by atoms with Crippen molar-refractivity contribution in [2.24, 2.45) is 0 Å². The molecule has 1 fully saturated rings. The number of amides is 3. The van der Waals surface area contributed by atoms with Crippen LogP contribution in [-0.2, 0) is 9.59 Å². The van der Waals surface area contributed by atoms with E-state index in [2.05, 4.69) is 5.32 Å². The van der Waals surface area contributed by atoms with Gasteiger partial charge in [0.1, 0.15) is 31.3 Å². The third-order valence-electron chi connectivity index (χ3n) is 5.19. The molecule has 184 valence electrons. The summed E-state index contributed by atoms with van der Waals surface area (Å²) in [6, 6.07) is 21.7. The lowest BCUT2D eigenvalue weighted by Gasteiger charge is -2.13. The van der Waals surface area contributed by atoms with Crippen molar-refractivity contribution in [3.05, 3.63) is 93.9 Å². The molecule has 0 saturated carbocycles. The lowest BCUT2D eigenvalue weighted by molar-refractivity contribution is -0.127. The predicted octanol–water partition coefficient (Wildman–Crippen LogP) is 5.78. The normalized spacial score (nSPS) is 14.3. The van der Waals surface area contributed by atoms with Crippen LogP contribution >= 0.6 is 23.4 Å². The van der Waals surface area contributed by atoms with Crippen LogP contribution in [0.1, 0.15) is 11.1 Å². The first-order chi connectivity index (χ1) is 17.4. The Morgan fingerprint density at radius 2 is 1.64 bits per heavy atom. The van der Waals surface area contributed by atoms with Crippen molar-refractivity contribution in [2.75, 3.05) is 25.1 Å². The van der Waals surface area contributed by atoms with E-state index in [9.17, 15) is 14.4 Å². The van der Waals surface area contributed by atoms with Crippen LogP contribution in [0.25, 0.3) is 6.08 Å². The molecule has 1 N–H and O–H groups in total. The van der Waals surface area contributed by atoms with E-state index in [0.717, 1.165) is 33.5 Å². The number of benzene rings is 3. The van der Waals surface area contributed by atoms with Crippen LogP contribution in [-0.4, -0.2) is 41.7 Å². The maximum atomic E-state index is 12.8. The van der Waals surface area contributed by atoms with Gasteiger partial charge >= 0.3 is 0 Å². The molecule has 7 nitrogen and oxygen atoms in total. The van der Waals surface area contributed by atoms with Gasteiger partial charge in [-0.15, -0.1) is 0 Å². The minimum Gasteiger partial charge on any atom is -0.490 e. The van der Waals surface area contributed by atoms with Crippen LogP contribution in [0.5, 0.6) is 11.5 Å². The van der Waals surface area contributed by atoms with Crippen LogP contribution in [0.15, 0.2) is 77.7 Å². The minimum absolute atomic E-state index is 0.247. The Kier molecular flexibility index (Phi) is 8.30. The third kappa shape index (κ3) is 6.68. The highest BCUT2D eigenvalue weighted by molar-refractivity contribution is 8.18. The zero-order chi connectivity index (χ0) is 25.5. The zero-order valence-electron chi connectivity index (χ0n) is 19.4. The van der Waals surface area contributed by atoms with Gasteiger partial charge in [-0.2, -0.15) is 0 Å². The number of halogens is 1. The number of rotatable bonds is 9. The van der Waals surface area contributed by atoms with Crippen molar-refractivity contribution in [2.45, 2.75) is 6.92 Å². The number of carbonyl (C=O) groups is 3. The third-order valence-corrected chi connectivity index (χ3v) is 6.33. The van der Waals surface area contributed by atoms with Crippen LogP contribution < -0.4 is 14.8 Å². The summed E-state index contributed by atoms with van der Waals surface area (Å²) in [5.41, 5.74) is 2.08. The second-order valence-corrected chi connectivity index (χ2v) is 9.28. The highest BCUT2D eigenvalue weighted by atomic mass is 35.5. The van der Waals surface area contributed by atoms with E-state index in [1.54, 1.807) is 48.5 Å². The SMILES string of the molecule is Cc1ccc(Cl)cc1NC(=O)CN1C(=O)S/C(=C/c2ccc(OCCOc3ccccc3)cc2)C1=O. The molecule has 3 aromatic carbocycles. The minimum atomic E-state index is -0.513. The summed E-state index contributed by atoms with van der Waals surface area (Å²) in [5.74, 6) is 0.440. The average Bonchev–Trinajstić information content (AvgIpc) is 3.13. The Balaban J connectivity index is 1.30.